The van der Waals surface area contributed by atoms with Crippen molar-refractivity contribution >= 4 is 11.0 Å². The van der Waals surface area contributed by atoms with Crippen LogP contribution in [-0.4, -0.2) is 21.4 Å². The normalized spacial score (nSPS) is 12.1. The Morgan fingerprint density at radius 2 is 1.42 bits per heavy atom. The molecule has 0 saturated heterocycles. The lowest BCUT2D eigenvalue weighted by atomic mass is 9.86. The van der Waals surface area contributed by atoms with Crippen LogP contribution in [0.25, 0.3) is 33.3 Å². The minimum atomic E-state index is -4.74. The molecular formula is C30H25F3N2O3. The Morgan fingerprint density at radius 1 is 0.789 bits per heavy atom. The zero-order valence-corrected chi connectivity index (χ0v) is 20.7. The van der Waals surface area contributed by atoms with Gasteiger partial charge < -0.3 is 19.6 Å². The second kappa shape index (κ2) is 9.87. The zero-order valence-electron chi connectivity index (χ0n) is 20.7. The van der Waals surface area contributed by atoms with Crippen molar-refractivity contribution in [1.82, 2.24) is 9.97 Å². The molecule has 0 aliphatic rings. The first-order valence-electron chi connectivity index (χ1n) is 12.0. The van der Waals surface area contributed by atoms with Crippen molar-refractivity contribution in [1.29, 1.82) is 0 Å². The van der Waals surface area contributed by atoms with Gasteiger partial charge in [-0.1, -0.05) is 54.6 Å². The molecule has 194 valence electrons. The molecule has 0 fully saturated rings. The van der Waals surface area contributed by atoms with Gasteiger partial charge in [-0.05, 0) is 78.1 Å². The maximum Gasteiger partial charge on any atom is 0.573 e. The first-order valence-corrected chi connectivity index (χ1v) is 12.0. The maximum absolute atomic E-state index is 12.3. The molecule has 0 bridgehead atoms. The summed E-state index contributed by atoms with van der Waals surface area (Å²) in [5.41, 5.74) is 5.38. The number of imidazole rings is 1. The number of H-pyrrole nitrogens is 1. The van der Waals surface area contributed by atoms with Gasteiger partial charge in [-0.2, -0.15) is 0 Å². The van der Waals surface area contributed by atoms with Gasteiger partial charge in [0.25, 0.3) is 0 Å². The number of nitrogens with one attached hydrogen (secondary N) is 1. The average Bonchev–Trinajstić information content (AvgIpc) is 3.29. The molecule has 0 amide bonds. The summed E-state index contributed by atoms with van der Waals surface area (Å²) < 4.78 is 46.6. The van der Waals surface area contributed by atoms with Crippen molar-refractivity contribution in [2.45, 2.75) is 32.4 Å². The summed E-state index contributed by atoms with van der Waals surface area (Å²) in [5, 5.41) is 10.8. The molecule has 2 N–H and O–H groups in total. The molecule has 38 heavy (non-hydrogen) atoms. The van der Waals surface area contributed by atoms with Gasteiger partial charge in [-0.15, -0.1) is 13.2 Å². The fourth-order valence-electron chi connectivity index (χ4n) is 4.41. The monoisotopic (exact) mass is 518 g/mol. The number of ether oxygens (including phenoxy) is 2. The highest BCUT2D eigenvalue weighted by Gasteiger charge is 2.31. The van der Waals surface area contributed by atoms with E-state index in [1.807, 2.05) is 66.7 Å². The molecule has 1 aromatic heterocycles. The molecule has 0 saturated carbocycles. The standard InChI is InChI=1S/C30H25F3N2O3/c1-29(2,36)25-10-6-5-9-24(25)23-8-4-3-7-22(23)19-11-16-26-27(17-19)35-28(34-26)18-37-20-12-14-21(15-13-20)38-30(31,32)33/h3-17,36H,18H2,1-2H3,(H,34,35). The van der Waals surface area contributed by atoms with Crippen molar-refractivity contribution in [2.24, 2.45) is 0 Å². The van der Waals surface area contributed by atoms with Gasteiger partial charge in [-0.25, -0.2) is 4.98 Å². The van der Waals surface area contributed by atoms with Gasteiger partial charge >= 0.3 is 6.36 Å². The van der Waals surface area contributed by atoms with Crippen LogP contribution in [0.4, 0.5) is 13.2 Å². The molecule has 4 aromatic carbocycles. The number of benzene rings is 4. The summed E-state index contributed by atoms with van der Waals surface area (Å²) in [5.74, 6) is 0.653. The van der Waals surface area contributed by atoms with Crippen molar-refractivity contribution in [3.05, 3.63) is 102 Å². The van der Waals surface area contributed by atoms with Crippen LogP contribution in [0, 0.1) is 0 Å². The number of halogens is 3. The molecule has 0 aliphatic heterocycles. The van der Waals surface area contributed by atoms with Crippen LogP contribution in [0.5, 0.6) is 11.5 Å². The highest BCUT2D eigenvalue weighted by molar-refractivity contribution is 5.89. The first-order chi connectivity index (χ1) is 18.1. The molecule has 0 atom stereocenters. The van der Waals surface area contributed by atoms with Crippen LogP contribution < -0.4 is 9.47 Å². The third-order valence-electron chi connectivity index (χ3n) is 6.08. The van der Waals surface area contributed by atoms with Gasteiger partial charge in [0, 0.05) is 0 Å². The molecular weight excluding hydrogens is 493 g/mol. The number of hydrogen-bond donors (Lipinski definition) is 2. The number of hydrogen-bond acceptors (Lipinski definition) is 4. The minimum absolute atomic E-state index is 0.110. The van der Waals surface area contributed by atoms with Crippen LogP contribution in [0.15, 0.2) is 91.0 Å². The van der Waals surface area contributed by atoms with E-state index in [-0.39, 0.29) is 12.4 Å². The summed E-state index contributed by atoms with van der Waals surface area (Å²) in [4.78, 5) is 7.83. The quantitative estimate of drug-likeness (QED) is 0.233. The Morgan fingerprint density at radius 3 is 2.11 bits per heavy atom. The van der Waals surface area contributed by atoms with Crippen molar-refractivity contribution in [3.8, 4) is 33.8 Å². The lowest BCUT2D eigenvalue weighted by molar-refractivity contribution is -0.274. The summed E-state index contributed by atoms with van der Waals surface area (Å²) in [6.07, 6.45) is -4.74. The summed E-state index contributed by atoms with van der Waals surface area (Å²) in [6.45, 7) is 3.66. The average molecular weight is 519 g/mol. The van der Waals surface area contributed by atoms with Gasteiger partial charge in [-0.3, -0.25) is 0 Å². The van der Waals surface area contributed by atoms with E-state index in [2.05, 4.69) is 14.7 Å². The Balaban J connectivity index is 1.39. The van der Waals surface area contributed by atoms with E-state index in [4.69, 9.17) is 4.74 Å². The second-order valence-corrected chi connectivity index (χ2v) is 9.37. The first kappa shape index (κ1) is 25.4. The summed E-state index contributed by atoms with van der Waals surface area (Å²) >= 11 is 0. The van der Waals surface area contributed by atoms with E-state index in [0.717, 1.165) is 38.9 Å². The third-order valence-corrected chi connectivity index (χ3v) is 6.08. The molecule has 5 rings (SSSR count). The predicted molar refractivity (Wildman–Crippen MR) is 140 cm³/mol. The molecule has 0 radical (unpaired) electrons. The third kappa shape index (κ3) is 5.65. The fraction of sp³-hybridized carbons (Fsp3) is 0.167. The van der Waals surface area contributed by atoms with E-state index in [1.54, 1.807) is 13.8 Å². The molecule has 1 heterocycles. The van der Waals surface area contributed by atoms with Crippen LogP contribution in [0.1, 0.15) is 25.2 Å². The van der Waals surface area contributed by atoms with Crippen molar-refractivity contribution < 1.29 is 27.8 Å². The van der Waals surface area contributed by atoms with Crippen LogP contribution in [0.2, 0.25) is 0 Å². The van der Waals surface area contributed by atoms with Crippen molar-refractivity contribution in [3.63, 3.8) is 0 Å². The smallest absolute Gasteiger partial charge is 0.486 e. The van der Waals surface area contributed by atoms with Gasteiger partial charge in [0.15, 0.2) is 0 Å². The number of aromatic amines is 1. The number of aliphatic hydroxyl groups is 1. The van der Waals surface area contributed by atoms with Crippen molar-refractivity contribution in [2.75, 3.05) is 0 Å². The highest BCUT2D eigenvalue weighted by atomic mass is 19.4. The predicted octanol–water partition coefficient (Wildman–Crippen LogP) is 7.60. The number of alkyl halides is 3. The maximum atomic E-state index is 12.3. The lowest BCUT2D eigenvalue weighted by Gasteiger charge is -2.23. The number of aromatic nitrogens is 2. The molecule has 8 heteroatoms. The van der Waals surface area contributed by atoms with Gasteiger partial charge in [0.2, 0.25) is 0 Å². The van der Waals surface area contributed by atoms with Crippen LogP contribution >= 0.6 is 0 Å². The SMILES string of the molecule is CC(C)(O)c1ccccc1-c1ccccc1-c1ccc2nc(COc3ccc(OC(F)(F)F)cc3)[nH]c2c1. The molecule has 0 spiro atoms. The van der Waals surface area contributed by atoms with Crippen LogP contribution in [0.3, 0.4) is 0 Å². The molecule has 5 nitrogen and oxygen atoms in total. The van der Waals surface area contributed by atoms with Gasteiger partial charge in [0.1, 0.15) is 23.9 Å². The molecule has 0 aliphatic carbocycles. The fourth-order valence-corrected chi connectivity index (χ4v) is 4.41. The summed E-state index contributed by atoms with van der Waals surface area (Å²) in [7, 11) is 0. The minimum Gasteiger partial charge on any atom is -0.486 e. The van der Waals surface area contributed by atoms with Gasteiger partial charge in [0.05, 0.1) is 16.6 Å². The Bertz CT molecular complexity index is 1570. The Kier molecular flexibility index (Phi) is 6.59. The molecule has 0 unspecified atom stereocenters. The highest BCUT2D eigenvalue weighted by Crippen LogP contribution is 2.38. The van der Waals surface area contributed by atoms with Crippen LogP contribution in [-0.2, 0) is 12.2 Å². The molecule has 5 aromatic rings. The Hall–Kier alpha value is -4.30. The topological polar surface area (TPSA) is 67.4 Å². The number of nitrogens with zero attached hydrogens (tertiary/aromatic N) is 1. The lowest BCUT2D eigenvalue weighted by Crippen LogP contribution is -2.16. The van der Waals surface area contributed by atoms with E-state index in [1.165, 1.54) is 24.3 Å². The van der Waals surface area contributed by atoms with E-state index >= 15 is 0 Å². The second-order valence-electron chi connectivity index (χ2n) is 9.37. The number of fused-ring (bicyclic) bond motifs is 1. The number of rotatable bonds is 7. The van der Waals surface area contributed by atoms with E-state index in [0.29, 0.717) is 11.6 Å². The van der Waals surface area contributed by atoms with E-state index in [9.17, 15) is 18.3 Å². The van der Waals surface area contributed by atoms with E-state index < -0.39 is 12.0 Å². The summed E-state index contributed by atoms with van der Waals surface area (Å²) in [6, 6.07) is 27.0. The largest absolute Gasteiger partial charge is 0.573 e. The zero-order chi connectivity index (χ0) is 26.9. The Labute approximate surface area is 217 Å².